The number of nitrogens with zero attached hydrogens (tertiary/aromatic N) is 3. The first-order valence-corrected chi connectivity index (χ1v) is 15.2. The number of rotatable bonds is 7. The number of ether oxygens (including phenoxy) is 2. The van der Waals surface area contributed by atoms with Gasteiger partial charge in [0.25, 0.3) is 5.56 Å². The van der Waals surface area contributed by atoms with Crippen LogP contribution in [0.4, 0.5) is 0 Å². The van der Waals surface area contributed by atoms with Gasteiger partial charge < -0.3 is 14.0 Å². The summed E-state index contributed by atoms with van der Waals surface area (Å²) in [5, 5.41) is 2.15. The van der Waals surface area contributed by atoms with Crippen LogP contribution in [0.1, 0.15) is 36.6 Å². The number of hydrogen-bond acceptors (Lipinski definition) is 6. The van der Waals surface area contributed by atoms with Gasteiger partial charge in [-0.2, -0.15) is 0 Å². The number of aromatic nitrogens is 2. The van der Waals surface area contributed by atoms with E-state index >= 15 is 0 Å². The summed E-state index contributed by atoms with van der Waals surface area (Å²) >= 11 is 13.9. The number of fused-ring (bicyclic) bond motifs is 2. The number of hydrogen-bond donors (Lipinski definition) is 0. The smallest absolute Gasteiger partial charge is 0.338 e. The Kier molecular flexibility index (Phi) is 8.01. The van der Waals surface area contributed by atoms with Gasteiger partial charge in [0.05, 0.1) is 29.5 Å². The van der Waals surface area contributed by atoms with Crippen molar-refractivity contribution in [1.82, 2.24) is 9.13 Å². The normalized spacial score (nSPS) is 15.0. The van der Waals surface area contributed by atoms with Gasteiger partial charge in [0.1, 0.15) is 11.8 Å². The molecule has 10 heteroatoms. The van der Waals surface area contributed by atoms with Gasteiger partial charge in [-0.25, -0.2) is 9.79 Å². The van der Waals surface area contributed by atoms with Crippen LogP contribution in [0.3, 0.4) is 0 Å². The van der Waals surface area contributed by atoms with E-state index in [0.29, 0.717) is 48.5 Å². The highest BCUT2D eigenvalue weighted by molar-refractivity contribution is 7.07. The molecule has 1 unspecified atom stereocenters. The summed E-state index contributed by atoms with van der Waals surface area (Å²) in [7, 11) is 1.57. The lowest BCUT2D eigenvalue weighted by Gasteiger charge is -2.25. The van der Waals surface area contributed by atoms with E-state index in [-0.39, 0.29) is 12.2 Å². The molecule has 7 nitrogen and oxygen atoms in total. The molecule has 0 saturated carbocycles. The first kappa shape index (κ1) is 29.0. The van der Waals surface area contributed by atoms with Crippen LogP contribution in [0.5, 0.6) is 5.75 Å². The third-order valence-corrected chi connectivity index (χ3v) is 8.98. The molecule has 218 valence electrons. The Hall–Kier alpha value is -4.11. The molecule has 0 bridgehead atoms. The largest absolute Gasteiger partial charge is 0.496 e. The minimum Gasteiger partial charge on any atom is -0.496 e. The van der Waals surface area contributed by atoms with Crippen LogP contribution in [0.15, 0.2) is 94.0 Å². The molecule has 0 N–H and O–H groups in total. The first-order valence-electron chi connectivity index (χ1n) is 13.6. The van der Waals surface area contributed by atoms with Gasteiger partial charge in [0.15, 0.2) is 4.80 Å². The van der Waals surface area contributed by atoms with Gasteiger partial charge in [0, 0.05) is 44.8 Å². The van der Waals surface area contributed by atoms with Gasteiger partial charge in [0.2, 0.25) is 0 Å². The molecule has 6 rings (SSSR count). The summed E-state index contributed by atoms with van der Waals surface area (Å²) in [5.74, 6) is 0.0420. The average molecular weight is 633 g/mol. The monoisotopic (exact) mass is 631 g/mol. The molecule has 0 fully saturated rings. The van der Waals surface area contributed by atoms with E-state index in [9.17, 15) is 9.59 Å². The van der Waals surface area contributed by atoms with Crippen molar-refractivity contribution in [2.75, 3.05) is 13.7 Å². The number of para-hydroxylation sites is 2. The van der Waals surface area contributed by atoms with Crippen LogP contribution >= 0.6 is 34.5 Å². The molecule has 43 heavy (non-hydrogen) atoms. The maximum atomic E-state index is 14.2. The van der Waals surface area contributed by atoms with Crippen LogP contribution < -0.4 is 19.6 Å². The molecule has 0 radical (unpaired) electrons. The number of allylic oxidation sites excluding steroid dienone is 1. The van der Waals surface area contributed by atoms with Crippen molar-refractivity contribution in [2.45, 2.75) is 26.4 Å². The van der Waals surface area contributed by atoms with Crippen molar-refractivity contribution in [3.63, 3.8) is 0 Å². The number of carbonyl (C=O) groups excluding carboxylic acids is 1. The minimum absolute atomic E-state index is 0.198. The fourth-order valence-corrected chi connectivity index (χ4v) is 6.98. The van der Waals surface area contributed by atoms with Crippen LogP contribution in [0, 0.1) is 0 Å². The third kappa shape index (κ3) is 5.31. The van der Waals surface area contributed by atoms with E-state index in [1.54, 1.807) is 31.6 Å². The highest BCUT2D eigenvalue weighted by atomic mass is 35.5. The summed E-state index contributed by atoms with van der Waals surface area (Å²) in [5.41, 5.74) is 4.02. The molecule has 0 spiro atoms. The van der Waals surface area contributed by atoms with Crippen molar-refractivity contribution in [3.8, 4) is 5.75 Å². The van der Waals surface area contributed by atoms with Crippen molar-refractivity contribution < 1.29 is 14.3 Å². The maximum Gasteiger partial charge on any atom is 0.338 e. The van der Waals surface area contributed by atoms with E-state index in [1.807, 2.05) is 72.9 Å². The van der Waals surface area contributed by atoms with Crippen molar-refractivity contribution >= 4 is 57.5 Å². The Bertz CT molecular complexity index is 2110. The van der Waals surface area contributed by atoms with Crippen molar-refractivity contribution in [1.29, 1.82) is 0 Å². The number of carbonyl (C=O) groups is 1. The highest BCUT2D eigenvalue weighted by Crippen LogP contribution is 2.35. The van der Waals surface area contributed by atoms with E-state index in [0.717, 1.165) is 22.0 Å². The Labute approximate surface area is 261 Å². The molecule has 0 aliphatic carbocycles. The van der Waals surface area contributed by atoms with Gasteiger partial charge >= 0.3 is 5.97 Å². The fourth-order valence-electron chi connectivity index (χ4n) is 5.47. The molecule has 3 heterocycles. The summed E-state index contributed by atoms with van der Waals surface area (Å²) in [6, 6.07) is 20.1. The van der Waals surface area contributed by atoms with Crippen LogP contribution in [0.2, 0.25) is 10.0 Å². The number of esters is 1. The minimum atomic E-state index is -0.762. The summed E-state index contributed by atoms with van der Waals surface area (Å²) in [6.07, 6.45) is 3.90. The number of thiazole rings is 1. The Morgan fingerprint density at radius 3 is 2.63 bits per heavy atom. The molecular weight excluding hydrogens is 605 g/mol. The zero-order valence-corrected chi connectivity index (χ0v) is 26.0. The van der Waals surface area contributed by atoms with Gasteiger partial charge in [-0.1, -0.05) is 77.0 Å². The maximum absolute atomic E-state index is 14.2. The predicted molar refractivity (Wildman–Crippen MR) is 171 cm³/mol. The highest BCUT2D eigenvalue weighted by Gasteiger charge is 2.35. The molecule has 3 aromatic carbocycles. The van der Waals surface area contributed by atoms with Gasteiger partial charge in [-0.15, -0.1) is 0 Å². The second-order valence-electron chi connectivity index (χ2n) is 10.0. The summed E-state index contributed by atoms with van der Waals surface area (Å²) < 4.78 is 15.2. The number of halogens is 2. The van der Waals surface area contributed by atoms with Crippen LogP contribution in [0.25, 0.3) is 17.0 Å². The number of methoxy groups -OCH3 is 1. The lowest BCUT2D eigenvalue weighted by molar-refractivity contribution is -0.139. The molecule has 1 aliphatic heterocycles. The van der Waals surface area contributed by atoms with Gasteiger partial charge in [-0.3, -0.25) is 9.36 Å². The SMILES string of the molecule is CCOC(=O)C1=C(C)N=c2s/c(=C\c3cn(Cc4ccc(Cl)cc4Cl)c4ccccc34)c(=O)n2C1c1ccccc1OC. The topological polar surface area (TPSA) is 74.8 Å². The summed E-state index contributed by atoms with van der Waals surface area (Å²) in [6.45, 7) is 4.24. The van der Waals surface area contributed by atoms with Crippen molar-refractivity contribution in [2.24, 2.45) is 4.99 Å². The van der Waals surface area contributed by atoms with E-state index < -0.39 is 12.0 Å². The van der Waals surface area contributed by atoms with Crippen LogP contribution in [-0.2, 0) is 16.1 Å². The van der Waals surface area contributed by atoms with E-state index in [4.69, 9.17) is 37.7 Å². The molecule has 0 saturated heterocycles. The molecule has 2 aromatic heterocycles. The molecular formula is C33H27Cl2N3O4S. The van der Waals surface area contributed by atoms with E-state index in [1.165, 1.54) is 11.3 Å². The van der Waals surface area contributed by atoms with Crippen molar-refractivity contribution in [3.05, 3.63) is 131 Å². The zero-order chi connectivity index (χ0) is 30.2. The van der Waals surface area contributed by atoms with E-state index in [2.05, 4.69) is 4.57 Å². The molecule has 5 aromatic rings. The first-order chi connectivity index (χ1) is 20.8. The zero-order valence-electron chi connectivity index (χ0n) is 23.6. The lowest BCUT2D eigenvalue weighted by atomic mass is 9.95. The number of benzene rings is 3. The fraction of sp³-hybridized carbons (Fsp3) is 0.182. The molecule has 1 aliphatic rings. The Morgan fingerprint density at radius 2 is 1.86 bits per heavy atom. The predicted octanol–water partition coefficient (Wildman–Crippen LogP) is 6.12. The lowest BCUT2D eigenvalue weighted by Crippen LogP contribution is -2.40. The summed E-state index contributed by atoms with van der Waals surface area (Å²) in [4.78, 5) is 32.6. The van der Waals surface area contributed by atoms with Crippen LogP contribution in [-0.4, -0.2) is 28.8 Å². The second-order valence-corrected chi connectivity index (χ2v) is 11.9. The molecule has 1 atom stereocenters. The molecule has 0 amide bonds. The quantitative estimate of drug-likeness (QED) is 0.203. The average Bonchev–Trinajstić information content (AvgIpc) is 3.50. The second kappa shape index (κ2) is 11.9. The standard InChI is InChI=1S/C33H27Cl2N3O4S/c1-4-42-32(40)29-19(2)36-33-38(30(29)24-10-6-8-12-27(24)41-3)31(39)28(43-33)15-21-18-37(26-11-7-5-9-23(21)26)17-20-13-14-22(34)16-25(20)35/h5-16,18,30H,4,17H2,1-3H3/b28-15-. The Balaban J connectivity index is 1.53. The Morgan fingerprint density at radius 1 is 1.09 bits per heavy atom. The van der Waals surface area contributed by atoms with Gasteiger partial charge in [-0.05, 0) is 49.8 Å². The third-order valence-electron chi connectivity index (χ3n) is 7.41.